The molecule has 0 saturated carbocycles. The van der Waals surface area contributed by atoms with E-state index in [9.17, 15) is 0 Å². The quantitative estimate of drug-likeness (QED) is 0.922. The summed E-state index contributed by atoms with van der Waals surface area (Å²) in [6, 6.07) is 5.58. The van der Waals surface area contributed by atoms with Crippen molar-refractivity contribution in [2.24, 2.45) is 0 Å². The van der Waals surface area contributed by atoms with Gasteiger partial charge in [-0.1, -0.05) is 5.16 Å². The maximum atomic E-state index is 5.50. The average molecular weight is 340 g/mol. The zero-order valence-corrected chi connectivity index (χ0v) is 14.4. The number of nitrogens with one attached hydrogen (secondary N) is 1. The summed E-state index contributed by atoms with van der Waals surface area (Å²) in [5.74, 6) is 2.52. The molecular weight excluding hydrogens is 318 g/mol. The van der Waals surface area contributed by atoms with Gasteiger partial charge in [0.25, 0.3) is 0 Å². The Bertz CT molecular complexity index is 654. The number of hydrogen-bond acceptors (Lipinski definition) is 6. The van der Waals surface area contributed by atoms with Gasteiger partial charge in [0, 0.05) is 5.56 Å². The lowest BCUT2D eigenvalue weighted by molar-refractivity contribution is 0.207. The van der Waals surface area contributed by atoms with E-state index in [2.05, 4.69) is 22.4 Å². The van der Waals surface area contributed by atoms with Gasteiger partial charge in [-0.2, -0.15) is 4.98 Å². The van der Waals surface area contributed by atoms with Crippen LogP contribution in [0, 0.1) is 0 Å². The van der Waals surface area contributed by atoms with Gasteiger partial charge < -0.3 is 19.3 Å². The molecule has 0 spiro atoms. The normalized spacial score (nSPS) is 20.7. The fourth-order valence-electron chi connectivity index (χ4n) is 2.78. The molecule has 2 aromatic rings. The van der Waals surface area contributed by atoms with E-state index in [1.807, 2.05) is 18.2 Å². The first-order chi connectivity index (χ1) is 10.7. The highest BCUT2D eigenvalue weighted by atomic mass is 35.5. The highest BCUT2D eigenvalue weighted by molar-refractivity contribution is 5.85. The number of halogens is 1. The third-order valence-corrected chi connectivity index (χ3v) is 4.16. The van der Waals surface area contributed by atoms with Gasteiger partial charge in [0.05, 0.1) is 19.8 Å². The molecule has 3 rings (SSSR count). The Balaban J connectivity index is 0.00000192. The van der Waals surface area contributed by atoms with Crippen LogP contribution in [0.25, 0.3) is 11.4 Å². The molecule has 1 saturated heterocycles. The number of methoxy groups -OCH3 is 2. The zero-order chi connectivity index (χ0) is 15.6. The van der Waals surface area contributed by atoms with Gasteiger partial charge in [0.2, 0.25) is 11.7 Å². The molecule has 1 aliphatic rings. The average Bonchev–Trinajstić information content (AvgIpc) is 3.06. The van der Waals surface area contributed by atoms with Gasteiger partial charge in [-0.15, -0.1) is 12.4 Å². The van der Waals surface area contributed by atoms with Crippen LogP contribution in [-0.4, -0.2) is 30.9 Å². The van der Waals surface area contributed by atoms with Crippen LogP contribution in [0.1, 0.15) is 32.1 Å². The second-order valence-electron chi connectivity index (χ2n) is 5.71. The SMILES string of the molecule is COc1ccc(-c2noc(C3(C)CCCCN3)n2)cc1OC.Cl. The first-order valence-electron chi connectivity index (χ1n) is 7.48. The van der Waals surface area contributed by atoms with E-state index in [1.54, 1.807) is 14.2 Å². The Morgan fingerprint density at radius 2 is 1.96 bits per heavy atom. The Morgan fingerprint density at radius 3 is 2.61 bits per heavy atom. The molecule has 0 amide bonds. The van der Waals surface area contributed by atoms with Crippen LogP contribution < -0.4 is 14.8 Å². The molecule has 6 nitrogen and oxygen atoms in total. The highest BCUT2D eigenvalue weighted by Crippen LogP contribution is 2.33. The third-order valence-electron chi connectivity index (χ3n) is 4.16. The van der Waals surface area contributed by atoms with Crippen molar-refractivity contribution in [1.29, 1.82) is 0 Å². The number of benzene rings is 1. The lowest BCUT2D eigenvalue weighted by Gasteiger charge is -2.31. The fourth-order valence-corrected chi connectivity index (χ4v) is 2.78. The highest BCUT2D eigenvalue weighted by Gasteiger charge is 2.34. The molecule has 0 bridgehead atoms. The summed E-state index contributed by atoms with van der Waals surface area (Å²) in [5.41, 5.74) is 0.604. The molecular formula is C16H22ClN3O3. The summed E-state index contributed by atoms with van der Waals surface area (Å²) in [6.45, 7) is 3.09. The summed E-state index contributed by atoms with van der Waals surface area (Å²) < 4.78 is 16.1. The predicted molar refractivity (Wildman–Crippen MR) is 89.3 cm³/mol. The minimum atomic E-state index is -0.236. The largest absolute Gasteiger partial charge is 0.493 e. The molecule has 126 valence electrons. The van der Waals surface area contributed by atoms with Gasteiger partial charge in [-0.05, 0) is 50.9 Å². The van der Waals surface area contributed by atoms with E-state index in [0.29, 0.717) is 23.2 Å². The van der Waals surface area contributed by atoms with Gasteiger partial charge in [0.15, 0.2) is 11.5 Å². The molecule has 2 heterocycles. The number of nitrogens with zero attached hydrogens (tertiary/aromatic N) is 2. The van der Waals surface area contributed by atoms with Crippen molar-refractivity contribution in [3.63, 3.8) is 0 Å². The molecule has 0 aliphatic carbocycles. The zero-order valence-electron chi connectivity index (χ0n) is 13.6. The van der Waals surface area contributed by atoms with Gasteiger partial charge in [-0.25, -0.2) is 0 Å². The van der Waals surface area contributed by atoms with E-state index in [1.165, 1.54) is 6.42 Å². The first kappa shape index (κ1) is 17.6. The second-order valence-corrected chi connectivity index (χ2v) is 5.71. The molecule has 1 atom stereocenters. The standard InChI is InChI=1S/C16H21N3O3.ClH/c1-16(8-4-5-9-17-16)15-18-14(19-22-15)11-6-7-12(20-2)13(10-11)21-3;/h6-7,10,17H,4-5,8-9H2,1-3H3;1H. The maximum absolute atomic E-state index is 5.50. The molecule has 1 aliphatic heterocycles. The van der Waals surface area contributed by atoms with Crippen molar-refractivity contribution in [2.75, 3.05) is 20.8 Å². The van der Waals surface area contributed by atoms with Crippen LogP contribution in [0.3, 0.4) is 0 Å². The molecule has 1 aromatic heterocycles. The van der Waals surface area contributed by atoms with Crippen molar-refractivity contribution in [1.82, 2.24) is 15.5 Å². The van der Waals surface area contributed by atoms with E-state index >= 15 is 0 Å². The van der Waals surface area contributed by atoms with Crippen molar-refractivity contribution in [3.8, 4) is 22.9 Å². The number of ether oxygens (including phenoxy) is 2. The molecule has 7 heteroatoms. The fraction of sp³-hybridized carbons (Fsp3) is 0.500. The van der Waals surface area contributed by atoms with E-state index in [-0.39, 0.29) is 17.9 Å². The molecule has 1 unspecified atom stereocenters. The molecule has 1 fully saturated rings. The van der Waals surface area contributed by atoms with E-state index in [4.69, 9.17) is 14.0 Å². The summed E-state index contributed by atoms with van der Waals surface area (Å²) in [7, 11) is 3.22. The number of hydrogen-bond donors (Lipinski definition) is 1. The van der Waals surface area contributed by atoms with Crippen molar-refractivity contribution >= 4 is 12.4 Å². The smallest absolute Gasteiger partial charge is 0.246 e. The molecule has 0 radical (unpaired) electrons. The number of rotatable bonds is 4. The summed E-state index contributed by atoms with van der Waals surface area (Å²) in [5, 5.41) is 7.59. The van der Waals surface area contributed by atoms with Gasteiger partial charge in [-0.3, -0.25) is 0 Å². The predicted octanol–water partition coefficient (Wildman–Crippen LogP) is 3.16. The van der Waals surface area contributed by atoms with Crippen molar-refractivity contribution in [2.45, 2.75) is 31.7 Å². The lowest BCUT2D eigenvalue weighted by atomic mass is 9.91. The topological polar surface area (TPSA) is 69.4 Å². The maximum Gasteiger partial charge on any atom is 0.246 e. The lowest BCUT2D eigenvalue weighted by Crippen LogP contribution is -2.43. The number of aromatic nitrogens is 2. The van der Waals surface area contributed by atoms with Crippen LogP contribution in [0.15, 0.2) is 22.7 Å². The van der Waals surface area contributed by atoms with Crippen molar-refractivity contribution < 1.29 is 14.0 Å². The van der Waals surface area contributed by atoms with E-state index in [0.717, 1.165) is 24.9 Å². The molecule has 1 aromatic carbocycles. The van der Waals surface area contributed by atoms with Gasteiger partial charge in [0.1, 0.15) is 0 Å². The van der Waals surface area contributed by atoms with Crippen molar-refractivity contribution in [3.05, 3.63) is 24.1 Å². The van der Waals surface area contributed by atoms with E-state index < -0.39 is 0 Å². The Morgan fingerprint density at radius 1 is 1.17 bits per heavy atom. The summed E-state index contributed by atoms with van der Waals surface area (Å²) >= 11 is 0. The summed E-state index contributed by atoms with van der Waals surface area (Å²) in [4.78, 5) is 4.57. The minimum Gasteiger partial charge on any atom is -0.493 e. The summed E-state index contributed by atoms with van der Waals surface area (Å²) in [6.07, 6.45) is 3.35. The Hall–Kier alpha value is -1.79. The van der Waals surface area contributed by atoms with Crippen LogP contribution in [0.4, 0.5) is 0 Å². The van der Waals surface area contributed by atoms with Crippen LogP contribution in [0.5, 0.6) is 11.5 Å². The minimum absolute atomic E-state index is 0. The van der Waals surface area contributed by atoms with Crippen LogP contribution >= 0.6 is 12.4 Å². The Labute approximate surface area is 142 Å². The van der Waals surface area contributed by atoms with Crippen LogP contribution in [0.2, 0.25) is 0 Å². The monoisotopic (exact) mass is 339 g/mol. The molecule has 1 N–H and O–H groups in total. The van der Waals surface area contributed by atoms with Crippen LogP contribution in [-0.2, 0) is 5.54 Å². The first-order valence-corrected chi connectivity index (χ1v) is 7.48. The van der Waals surface area contributed by atoms with Gasteiger partial charge >= 0.3 is 0 Å². The Kier molecular flexibility index (Phi) is 5.49. The second kappa shape index (κ2) is 7.19. The number of piperidine rings is 1. The third kappa shape index (κ3) is 3.43. The molecule has 23 heavy (non-hydrogen) atoms.